The molecule has 3 N–H and O–H groups in total. The summed E-state index contributed by atoms with van der Waals surface area (Å²) in [7, 11) is 0. The van der Waals surface area contributed by atoms with E-state index in [2.05, 4.69) is 5.32 Å². The maximum Gasteiger partial charge on any atom is 0.416 e. The van der Waals surface area contributed by atoms with Crippen LogP contribution in [0.5, 0.6) is 0 Å². The van der Waals surface area contributed by atoms with Crippen LogP contribution in [-0.4, -0.2) is 28.1 Å². The molecule has 0 fully saturated rings. The highest BCUT2D eigenvalue weighted by molar-refractivity contribution is 5.87. The SMILES string of the molecule is N#Cc1ccc(C[C@@H](NC(=O)[C@H](O)c2ccc(C(F)(F)F)cc2)C(=O)O)cc1. The number of amides is 1. The van der Waals surface area contributed by atoms with Crippen LogP contribution in [0.4, 0.5) is 13.2 Å². The summed E-state index contributed by atoms with van der Waals surface area (Å²) in [5, 5.41) is 30.2. The number of hydrogen-bond acceptors (Lipinski definition) is 4. The van der Waals surface area contributed by atoms with Crippen molar-refractivity contribution in [2.45, 2.75) is 24.7 Å². The number of aliphatic hydroxyl groups excluding tert-OH is 1. The van der Waals surface area contributed by atoms with Gasteiger partial charge in [0, 0.05) is 6.42 Å². The lowest BCUT2D eigenvalue weighted by atomic mass is 10.0. The lowest BCUT2D eigenvalue weighted by Crippen LogP contribution is -2.44. The molecule has 28 heavy (non-hydrogen) atoms. The van der Waals surface area contributed by atoms with Gasteiger partial charge in [-0.3, -0.25) is 4.79 Å². The van der Waals surface area contributed by atoms with E-state index in [1.54, 1.807) is 0 Å². The van der Waals surface area contributed by atoms with E-state index in [0.717, 1.165) is 24.3 Å². The molecule has 0 bridgehead atoms. The van der Waals surface area contributed by atoms with E-state index in [1.807, 2.05) is 6.07 Å². The highest BCUT2D eigenvalue weighted by Crippen LogP contribution is 2.30. The normalized spacial score (nSPS) is 13.2. The van der Waals surface area contributed by atoms with E-state index in [4.69, 9.17) is 5.26 Å². The number of carbonyl (C=O) groups is 2. The van der Waals surface area contributed by atoms with Gasteiger partial charge >= 0.3 is 12.1 Å². The first-order valence-corrected chi connectivity index (χ1v) is 7.99. The molecule has 0 unspecified atom stereocenters. The molecule has 0 spiro atoms. The molecule has 0 aromatic heterocycles. The first-order valence-electron chi connectivity index (χ1n) is 7.99. The summed E-state index contributed by atoms with van der Waals surface area (Å²) < 4.78 is 37.7. The van der Waals surface area contributed by atoms with Crippen molar-refractivity contribution in [1.29, 1.82) is 5.26 Å². The number of nitriles is 1. The summed E-state index contributed by atoms with van der Waals surface area (Å²) in [5.41, 5.74) is -0.116. The molecular weight excluding hydrogens is 377 g/mol. The predicted octanol–water partition coefficient (Wildman–Crippen LogP) is 2.42. The molecule has 2 aromatic rings. The van der Waals surface area contributed by atoms with Crippen LogP contribution in [0.25, 0.3) is 0 Å². The van der Waals surface area contributed by atoms with Gasteiger partial charge in [0.25, 0.3) is 5.91 Å². The molecule has 2 rings (SSSR count). The van der Waals surface area contributed by atoms with E-state index in [-0.39, 0.29) is 12.0 Å². The Morgan fingerprint density at radius 2 is 1.64 bits per heavy atom. The Bertz CT molecular complexity index is 887. The highest BCUT2D eigenvalue weighted by atomic mass is 19.4. The molecule has 9 heteroatoms. The average molecular weight is 392 g/mol. The van der Waals surface area contributed by atoms with Gasteiger partial charge in [0.2, 0.25) is 0 Å². The highest BCUT2D eigenvalue weighted by Gasteiger charge is 2.31. The van der Waals surface area contributed by atoms with Crippen LogP contribution in [-0.2, 0) is 22.2 Å². The van der Waals surface area contributed by atoms with E-state index in [0.29, 0.717) is 11.1 Å². The fraction of sp³-hybridized carbons (Fsp3) is 0.211. The number of aliphatic carboxylic acids is 1. The summed E-state index contributed by atoms with van der Waals surface area (Å²) in [5.74, 6) is -2.40. The largest absolute Gasteiger partial charge is 0.480 e. The van der Waals surface area contributed by atoms with E-state index >= 15 is 0 Å². The van der Waals surface area contributed by atoms with Crippen LogP contribution < -0.4 is 5.32 Å². The fourth-order valence-corrected chi connectivity index (χ4v) is 2.41. The fourth-order valence-electron chi connectivity index (χ4n) is 2.41. The van der Waals surface area contributed by atoms with Gasteiger partial charge in [0.15, 0.2) is 6.10 Å². The number of alkyl halides is 3. The minimum absolute atomic E-state index is 0.104. The van der Waals surface area contributed by atoms with Gasteiger partial charge < -0.3 is 15.5 Å². The number of carboxylic acid groups (broad SMARTS) is 1. The topological polar surface area (TPSA) is 110 Å². The number of carbonyl (C=O) groups excluding carboxylic acids is 1. The Labute approximate surface area is 157 Å². The Morgan fingerprint density at radius 3 is 2.11 bits per heavy atom. The molecule has 0 saturated carbocycles. The van der Waals surface area contributed by atoms with Crippen LogP contribution in [0.15, 0.2) is 48.5 Å². The number of hydrogen-bond donors (Lipinski definition) is 3. The number of nitrogens with one attached hydrogen (secondary N) is 1. The smallest absolute Gasteiger partial charge is 0.416 e. The number of benzene rings is 2. The summed E-state index contributed by atoms with van der Waals surface area (Å²) in [4.78, 5) is 23.5. The van der Waals surface area contributed by atoms with Gasteiger partial charge in [0.05, 0.1) is 17.2 Å². The lowest BCUT2D eigenvalue weighted by Gasteiger charge is -2.18. The first-order chi connectivity index (χ1) is 13.1. The maximum absolute atomic E-state index is 12.6. The molecule has 0 aliphatic heterocycles. The predicted molar refractivity (Wildman–Crippen MR) is 90.8 cm³/mol. The molecule has 0 heterocycles. The van der Waals surface area contributed by atoms with Crippen molar-refractivity contribution < 1.29 is 33.0 Å². The molecule has 0 saturated heterocycles. The first kappa shape index (κ1) is 20.9. The van der Waals surface area contributed by atoms with Crippen molar-refractivity contribution in [2.24, 2.45) is 0 Å². The third-order valence-corrected chi connectivity index (χ3v) is 3.94. The molecule has 0 aliphatic rings. The zero-order valence-electron chi connectivity index (χ0n) is 14.3. The Balaban J connectivity index is 2.08. The van der Waals surface area contributed by atoms with E-state index in [9.17, 15) is 33.0 Å². The second kappa shape index (κ2) is 8.54. The van der Waals surface area contributed by atoms with Gasteiger partial charge in [-0.05, 0) is 35.4 Å². The van der Waals surface area contributed by atoms with Crippen LogP contribution in [0.3, 0.4) is 0 Å². The van der Waals surface area contributed by atoms with Gasteiger partial charge in [-0.25, -0.2) is 4.79 Å². The molecule has 2 atom stereocenters. The average Bonchev–Trinajstić information content (AvgIpc) is 2.66. The minimum atomic E-state index is -4.55. The molecule has 2 aromatic carbocycles. The van der Waals surface area contributed by atoms with Gasteiger partial charge in [0.1, 0.15) is 6.04 Å². The zero-order valence-corrected chi connectivity index (χ0v) is 14.3. The summed E-state index contributed by atoms with van der Waals surface area (Å²) >= 11 is 0. The number of aliphatic hydroxyl groups is 1. The van der Waals surface area contributed by atoms with Crippen molar-refractivity contribution in [2.75, 3.05) is 0 Å². The number of rotatable bonds is 6. The van der Waals surface area contributed by atoms with Crippen LogP contribution in [0.1, 0.15) is 28.4 Å². The third-order valence-electron chi connectivity index (χ3n) is 3.94. The van der Waals surface area contributed by atoms with E-state index < -0.39 is 35.8 Å². The molecule has 146 valence electrons. The molecule has 0 radical (unpaired) electrons. The second-order valence-electron chi connectivity index (χ2n) is 5.93. The van der Waals surface area contributed by atoms with Crippen molar-refractivity contribution in [3.05, 3.63) is 70.8 Å². The number of halogens is 3. The summed E-state index contributed by atoms with van der Waals surface area (Å²) in [6, 6.07) is 9.94. The Morgan fingerprint density at radius 1 is 1.07 bits per heavy atom. The third kappa shape index (κ3) is 5.31. The lowest BCUT2D eigenvalue weighted by molar-refractivity contribution is -0.143. The minimum Gasteiger partial charge on any atom is -0.480 e. The van der Waals surface area contributed by atoms with Crippen LogP contribution in [0, 0.1) is 11.3 Å². The second-order valence-corrected chi connectivity index (χ2v) is 5.93. The quantitative estimate of drug-likeness (QED) is 0.699. The monoisotopic (exact) mass is 392 g/mol. The molecule has 6 nitrogen and oxygen atoms in total. The van der Waals surface area contributed by atoms with Crippen molar-refractivity contribution in [1.82, 2.24) is 5.32 Å². The summed E-state index contributed by atoms with van der Waals surface area (Å²) in [6.07, 6.45) is -6.49. The van der Waals surface area contributed by atoms with Crippen molar-refractivity contribution in [3.63, 3.8) is 0 Å². The van der Waals surface area contributed by atoms with Crippen molar-refractivity contribution in [3.8, 4) is 6.07 Å². The van der Waals surface area contributed by atoms with Crippen molar-refractivity contribution >= 4 is 11.9 Å². The number of nitrogens with zero attached hydrogens (tertiary/aromatic N) is 1. The zero-order chi connectivity index (χ0) is 20.9. The molecular formula is C19H15F3N2O4. The Hall–Kier alpha value is -3.38. The standard InChI is InChI=1S/C19H15F3N2O4/c20-19(21,22)14-7-5-13(6-8-14)16(25)17(26)24-15(18(27)28)9-11-1-3-12(10-23)4-2-11/h1-8,15-16,25H,9H2,(H,24,26)(H,27,28)/t15-,16-/m1/s1. The Kier molecular flexibility index (Phi) is 6.38. The molecule has 1 amide bonds. The van der Waals surface area contributed by atoms with Gasteiger partial charge in [-0.15, -0.1) is 0 Å². The number of carboxylic acids is 1. The molecule has 0 aliphatic carbocycles. The van der Waals surface area contributed by atoms with Crippen LogP contribution >= 0.6 is 0 Å². The van der Waals surface area contributed by atoms with Gasteiger partial charge in [-0.2, -0.15) is 18.4 Å². The summed E-state index contributed by atoms with van der Waals surface area (Å²) in [6.45, 7) is 0. The van der Waals surface area contributed by atoms with Crippen LogP contribution in [0.2, 0.25) is 0 Å². The maximum atomic E-state index is 12.6. The van der Waals surface area contributed by atoms with E-state index in [1.165, 1.54) is 24.3 Å². The van der Waals surface area contributed by atoms with Gasteiger partial charge in [-0.1, -0.05) is 24.3 Å².